The third-order valence-corrected chi connectivity index (χ3v) is 31.6. The molecule has 0 amide bonds. The molecule has 3 aliphatic rings. The summed E-state index contributed by atoms with van der Waals surface area (Å²) in [7, 11) is 0. The standard InChI is InChI=1S/3C42H29N3S/c1-42(2)35-22-10-9-19-31(35)33-24-34-32-21-12-20-30(38(32)46-37(34)25-36(33)42)28-17-11-18-29(23-28)41-44-39(26-13-5-3-6-14-26)43-40(45-41)27-15-7-4-8-16-27;1-42(2)35-19-10-9-16-31(35)33-24-34-32-18-11-17-30(38(32)46-37(34)25-36(33)42)26-20-22-29(23-21-26)41-44-39(27-12-5-3-6-13-27)43-40(45-41)28-14-7-4-8-15-28;1-42(2)35-16-10-9-15-31(35)32-24-34-33-23-30(21-22-37(33)46-38(34)25-36(32)42)26-17-19-29(20-18-26)41-44-39(27-11-5-3-6-12-27)43-40(45-41)28-13-7-4-8-14-28/h3*3-25H,1-2H3. The summed E-state index contributed by atoms with van der Waals surface area (Å²) >= 11 is 5.67. The van der Waals surface area contributed by atoms with Crippen molar-refractivity contribution >= 4 is 94.5 Å². The first kappa shape index (κ1) is 83.5. The van der Waals surface area contributed by atoms with Gasteiger partial charge in [-0.1, -0.05) is 406 Å². The lowest BCUT2D eigenvalue weighted by Crippen LogP contribution is -2.14. The van der Waals surface area contributed by atoms with Crippen LogP contribution in [-0.4, -0.2) is 44.9 Å². The van der Waals surface area contributed by atoms with Gasteiger partial charge in [-0.2, -0.15) is 0 Å². The van der Waals surface area contributed by atoms with E-state index in [9.17, 15) is 0 Å². The van der Waals surface area contributed by atoms with Gasteiger partial charge in [0.1, 0.15) is 0 Å². The summed E-state index contributed by atoms with van der Waals surface area (Å²) in [6.45, 7) is 14.1. The molecule has 0 bridgehead atoms. The molecule has 0 N–H and O–H groups in total. The number of hydrogen-bond acceptors (Lipinski definition) is 12. The Hall–Kier alpha value is -16.4. The minimum Gasteiger partial charge on any atom is -0.208 e. The molecule has 138 heavy (non-hydrogen) atoms. The Morgan fingerprint density at radius 1 is 0.145 bits per heavy atom. The fraction of sp³-hybridized carbons (Fsp3) is 0.0714. The van der Waals surface area contributed by atoms with Crippen LogP contribution in [0, 0.1) is 0 Å². The minimum absolute atomic E-state index is 0.00540. The Labute approximate surface area is 812 Å². The Kier molecular flexibility index (Phi) is 20.3. The molecule has 654 valence electrons. The van der Waals surface area contributed by atoms with Gasteiger partial charge >= 0.3 is 0 Å². The van der Waals surface area contributed by atoms with E-state index in [1.807, 2.05) is 216 Å². The lowest BCUT2D eigenvalue weighted by molar-refractivity contribution is 0.661. The van der Waals surface area contributed by atoms with E-state index >= 15 is 0 Å². The third-order valence-electron chi connectivity index (χ3n) is 28.0. The summed E-state index contributed by atoms with van der Waals surface area (Å²) in [4.78, 5) is 44.2. The molecule has 0 atom stereocenters. The van der Waals surface area contributed by atoms with E-state index in [0.717, 1.165) is 55.6 Å². The van der Waals surface area contributed by atoms with E-state index in [4.69, 9.17) is 44.9 Å². The van der Waals surface area contributed by atoms with E-state index < -0.39 is 0 Å². The van der Waals surface area contributed by atoms with Gasteiger partial charge in [0.25, 0.3) is 0 Å². The Morgan fingerprint density at radius 2 is 0.391 bits per heavy atom. The molecule has 0 saturated carbocycles. The molecular weight excluding hydrogens is 1740 g/mol. The first-order valence-electron chi connectivity index (χ1n) is 46.9. The van der Waals surface area contributed by atoms with Crippen LogP contribution in [0.3, 0.4) is 0 Å². The highest BCUT2D eigenvalue weighted by Gasteiger charge is 2.39. The molecule has 12 heteroatoms. The molecule has 6 aromatic heterocycles. The van der Waals surface area contributed by atoms with Gasteiger partial charge < -0.3 is 0 Å². The van der Waals surface area contributed by atoms with Crippen LogP contribution in [0.15, 0.2) is 419 Å². The smallest absolute Gasteiger partial charge is 0.164 e. The van der Waals surface area contributed by atoms with Crippen LogP contribution in [0.4, 0.5) is 0 Å². The van der Waals surface area contributed by atoms with Crippen molar-refractivity contribution in [2.75, 3.05) is 0 Å². The highest BCUT2D eigenvalue weighted by molar-refractivity contribution is 7.27. The van der Waals surface area contributed by atoms with Crippen molar-refractivity contribution in [3.63, 3.8) is 0 Å². The minimum atomic E-state index is -0.0187. The molecule has 24 aromatic rings. The van der Waals surface area contributed by atoms with Crippen molar-refractivity contribution in [2.45, 2.75) is 57.8 Å². The van der Waals surface area contributed by atoms with Crippen LogP contribution in [0.5, 0.6) is 0 Å². The Balaban J connectivity index is 0.000000110. The van der Waals surface area contributed by atoms with Crippen molar-refractivity contribution in [1.82, 2.24) is 44.9 Å². The van der Waals surface area contributed by atoms with Gasteiger partial charge in [-0.05, 0) is 155 Å². The molecule has 27 rings (SSSR count). The zero-order valence-electron chi connectivity index (χ0n) is 76.6. The van der Waals surface area contributed by atoms with Crippen molar-refractivity contribution in [3.05, 3.63) is 452 Å². The number of hydrogen-bond donors (Lipinski definition) is 0. The van der Waals surface area contributed by atoms with Gasteiger partial charge in [-0.15, -0.1) is 34.0 Å². The van der Waals surface area contributed by atoms with Crippen LogP contribution < -0.4 is 0 Å². The fourth-order valence-electron chi connectivity index (χ4n) is 20.8. The highest BCUT2D eigenvalue weighted by atomic mass is 32.1. The predicted molar refractivity (Wildman–Crippen MR) is 576 cm³/mol. The summed E-state index contributed by atoms with van der Waals surface area (Å²) in [6, 6.07) is 148. The average molecular weight is 1820 g/mol. The van der Waals surface area contributed by atoms with Crippen molar-refractivity contribution < 1.29 is 0 Å². The zero-order valence-corrected chi connectivity index (χ0v) is 79.0. The molecule has 0 saturated heterocycles. The molecule has 0 fully saturated rings. The molecule has 0 unspecified atom stereocenters. The third kappa shape index (κ3) is 14.6. The summed E-state index contributed by atoms with van der Waals surface area (Å²) in [5.41, 5.74) is 32.5. The van der Waals surface area contributed by atoms with E-state index in [-0.39, 0.29) is 16.2 Å². The maximum absolute atomic E-state index is 4.98. The lowest BCUT2D eigenvalue weighted by atomic mass is 9.82. The monoisotopic (exact) mass is 1820 g/mol. The van der Waals surface area contributed by atoms with Crippen LogP contribution in [0.25, 0.3) is 230 Å². The molecule has 18 aromatic carbocycles. The van der Waals surface area contributed by atoms with Crippen LogP contribution in [0.2, 0.25) is 0 Å². The predicted octanol–water partition coefficient (Wildman–Crippen LogP) is 33.6. The van der Waals surface area contributed by atoms with Crippen LogP contribution in [0.1, 0.15) is 74.9 Å². The largest absolute Gasteiger partial charge is 0.208 e. The van der Waals surface area contributed by atoms with Gasteiger partial charge in [0, 0.05) is 127 Å². The summed E-state index contributed by atoms with van der Waals surface area (Å²) in [6.07, 6.45) is 0. The van der Waals surface area contributed by atoms with Gasteiger partial charge in [-0.25, -0.2) is 44.9 Å². The Bertz CT molecular complexity index is 8720. The lowest BCUT2D eigenvalue weighted by Gasteiger charge is -2.21. The molecule has 0 aliphatic heterocycles. The van der Waals surface area contributed by atoms with Gasteiger partial charge in [-0.3, -0.25) is 0 Å². The van der Waals surface area contributed by atoms with Gasteiger partial charge in [0.15, 0.2) is 52.4 Å². The Morgan fingerprint density at radius 3 is 0.746 bits per heavy atom. The van der Waals surface area contributed by atoms with Crippen molar-refractivity contribution in [3.8, 4) is 169 Å². The number of rotatable bonds is 12. The van der Waals surface area contributed by atoms with Gasteiger partial charge in [0.05, 0.1) is 0 Å². The summed E-state index contributed by atoms with van der Waals surface area (Å²) in [5.74, 6) is 5.99. The summed E-state index contributed by atoms with van der Waals surface area (Å²) in [5, 5.41) is 7.90. The van der Waals surface area contributed by atoms with Crippen molar-refractivity contribution in [2.24, 2.45) is 0 Å². The number of benzene rings is 18. The molecule has 6 heterocycles. The topological polar surface area (TPSA) is 116 Å². The van der Waals surface area contributed by atoms with E-state index in [1.54, 1.807) is 0 Å². The second-order valence-corrected chi connectivity index (χ2v) is 40.6. The number of fused-ring (bicyclic) bond motifs is 18. The van der Waals surface area contributed by atoms with Crippen LogP contribution >= 0.6 is 34.0 Å². The summed E-state index contributed by atoms with van der Waals surface area (Å²) < 4.78 is 7.95. The zero-order chi connectivity index (χ0) is 92.5. The second kappa shape index (κ2) is 33.6. The first-order chi connectivity index (χ1) is 67.6. The number of nitrogens with zero attached hydrogens (tertiary/aromatic N) is 9. The molecule has 0 spiro atoms. The molecular formula is C126H87N9S3. The maximum Gasteiger partial charge on any atom is 0.164 e. The first-order valence-corrected chi connectivity index (χ1v) is 49.3. The number of aromatic nitrogens is 9. The molecule has 0 radical (unpaired) electrons. The SMILES string of the molecule is CC1(C)c2ccccc2-c2cc3c(cc21)sc1c(-c2ccc(-c4nc(-c5ccccc5)nc(-c5ccccc5)n4)cc2)cccc13.CC1(C)c2ccccc2-c2cc3c(cc21)sc1c(-c2cccc(-c4nc(-c5ccccc5)nc(-c5ccccc5)n4)c2)cccc13.CC1(C)c2ccccc2-c2cc3c(cc21)sc1ccc(-c2ccc(-c4nc(-c5ccccc5)nc(-c5ccccc5)n4)cc2)cc13. The van der Waals surface area contributed by atoms with Crippen LogP contribution in [-0.2, 0) is 16.2 Å². The highest BCUT2D eigenvalue weighted by Crippen LogP contribution is 2.57. The average Bonchev–Trinajstić information content (AvgIpc) is 1.57. The second-order valence-electron chi connectivity index (χ2n) is 37.4. The normalized spacial score (nSPS) is 13.2. The molecule has 9 nitrogen and oxygen atoms in total. The van der Waals surface area contributed by atoms with E-state index in [0.29, 0.717) is 52.4 Å². The number of thiophene rings is 3. The van der Waals surface area contributed by atoms with Gasteiger partial charge in [0.2, 0.25) is 0 Å². The quantitative estimate of drug-likeness (QED) is 0.118. The van der Waals surface area contributed by atoms with Crippen molar-refractivity contribution in [1.29, 1.82) is 0 Å². The van der Waals surface area contributed by atoms with E-state index in [2.05, 4.69) is 278 Å². The molecule has 3 aliphatic carbocycles. The van der Waals surface area contributed by atoms with E-state index in [1.165, 1.54) is 155 Å². The fourth-order valence-corrected chi connectivity index (χ4v) is 24.5. The maximum atomic E-state index is 4.98.